The molecule has 3 heterocycles. The zero-order chi connectivity index (χ0) is 24.1. The number of benzene rings is 2. The summed E-state index contributed by atoms with van der Waals surface area (Å²) >= 11 is 0. The van der Waals surface area contributed by atoms with Crippen LogP contribution in [0.25, 0.3) is 22.4 Å². The van der Waals surface area contributed by atoms with Gasteiger partial charge in [-0.25, -0.2) is 4.98 Å². The molecule has 3 aliphatic rings. The van der Waals surface area contributed by atoms with Gasteiger partial charge in [0.05, 0.1) is 29.2 Å². The number of hydrogen-bond donors (Lipinski definition) is 2. The van der Waals surface area contributed by atoms with Crippen LogP contribution in [0.15, 0.2) is 36.4 Å². The van der Waals surface area contributed by atoms with E-state index in [1.165, 1.54) is 12.8 Å². The van der Waals surface area contributed by atoms with E-state index in [1.54, 1.807) is 0 Å². The van der Waals surface area contributed by atoms with Crippen molar-refractivity contribution in [2.75, 3.05) is 35.2 Å². The van der Waals surface area contributed by atoms with Crippen molar-refractivity contribution in [1.29, 1.82) is 0 Å². The maximum absolute atomic E-state index is 13.0. The number of carbonyl (C=O) groups excluding carboxylic acids is 2. The Morgan fingerprint density at radius 3 is 2.86 bits per heavy atom. The van der Waals surface area contributed by atoms with Crippen molar-refractivity contribution >= 4 is 40.0 Å². The van der Waals surface area contributed by atoms with Crippen LogP contribution in [0.1, 0.15) is 45.6 Å². The molecule has 1 amide bonds. The third kappa shape index (κ3) is 4.00. The maximum atomic E-state index is 13.0. The van der Waals surface area contributed by atoms with E-state index in [-0.39, 0.29) is 17.8 Å². The quantitative estimate of drug-likeness (QED) is 0.528. The summed E-state index contributed by atoms with van der Waals surface area (Å²) in [5, 5.41) is 6.63. The van der Waals surface area contributed by atoms with Gasteiger partial charge in [-0.05, 0) is 75.9 Å². The van der Waals surface area contributed by atoms with Crippen LogP contribution in [-0.4, -0.2) is 47.2 Å². The fourth-order valence-electron chi connectivity index (χ4n) is 5.28. The van der Waals surface area contributed by atoms with E-state index in [0.29, 0.717) is 19.2 Å². The average molecular weight is 474 g/mol. The molecule has 8 heteroatoms. The first kappa shape index (κ1) is 21.9. The van der Waals surface area contributed by atoms with Crippen LogP contribution in [0.3, 0.4) is 0 Å². The molecule has 0 bridgehead atoms. The number of amides is 1. The van der Waals surface area contributed by atoms with Gasteiger partial charge < -0.3 is 24.8 Å². The fraction of sp³-hybridized carbons (Fsp3) is 0.444. The van der Waals surface area contributed by atoms with E-state index in [4.69, 9.17) is 9.72 Å². The topological polar surface area (TPSA) is 88.5 Å². The number of hydrogen-bond acceptors (Lipinski definition) is 6. The molecular weight excluding hydrogens is 442 g/mol. The standard InChI is InChI=1S/C27H31N5O3/c1-3-35-27(34)17-5-4-12-31(15-17)20-9-11-24-23(14-20)29-25-21-13-19(28-18-6-7-18)8-10-22(21)30-26(33)16(2)32(24)25/h8-11,13-14,16-18,28H,3-7,12,15H2,1-2H3,(H,30,33). The van der Waals surface area contributed by atoms with Gasteiger partial charge >= 0.3 is 5.97 Å². The highest BCUT2D eigenvalue weighted by molar-refractivity contribution is 6.02. The van der Waals surface area contributed by atoms with E-state index >= 15 is 0 Å². The van der Waals surface area contributed by atoms with E-state index in [1.807, 2.05) is 30.5 Å². The van der Waals surface area contributed by atoms with E-state index in [2.05, 4.69) is 39.8 Å². The van der Waals surface area contributed by atoms with Crippen LogP contribution >= 0.6 is 0 Å². The summed E-state index contributed by atoms with van der Waals surface area (Å²) in [5.41, 5.74) is 5.58. The van der Waals surface area contributed by atoms with Gasteiger partial charge in [-0.2, -0.15) is 0 Å². The van der Waals surface area contributed by atoms with Crippen molar-refractivity contribution in [3.05, 3.63) is 36.4 Å². The van der Waals surface area contributed by atoms with Gasteiger partial charge in [0.25, 0.3) is 0 Å². The third-order valence-corrected chi connectivity index (χ3v) is 7.31. The number of nitrogens with one attached hydrogen (secondary N) is 2. The van der Waals surface area contributed by atoms with Crippen molar-refractivity contribution in [2.24, 2.45) is 5.92 Å². The molecule has 1 aromatic heterocycles. The number of nitrogens with zero attached hydrogens (tertiary/aromatic N) is 3. The van der Waals surface area contributed by atoms with Crippen molar-refractivity contribution in [3.63, 3.8) is 0 Å². The Balaban J connectivity index is 1.39. The number of imidazole rings is 1. The molecule has 6 rings (SSSR count). The summed E-state index contributed by atoms with van der Waals surface area (Å²) in [7, 11) is 0. The number of esters is 1. The monoisotopic (exact) mass is 473 g/mol. The molecule has 35 heavy (non-hydrogen) atoms. The Morgan fingerprint density at radius 2 is 2.06 bits per heavy atom. The van der Waals surface area contributed by atoms with Gasteiger partial charge in [-0.3, -0.25) is 9.59 Å². The molecule has 0 spiro atoms. The molecule has 0 radical (unpaired) electrons. The minimum Gasteiger partial charge on any atom is -0.466 e. The number of ether oxygens (including phenoxy) is 1. The van der Waals surface area contributed by atoms with Crippen LogP contribution in [0.5, 0.6) is 0 Å². The maximum Gasteiger partial charge on any atom is 0.310 e. The highest BCUT2D eigenvalue weighted by atomic mass is 16.5. The summed E-state index contributed by atoms with van der Waals surface area (Å²) in [4.78, 5) is 32.6. The highest BCUT2D eigenvalue weighted by Gasteiger charge is 2.31. The zero-order valence-corrected chi connectivity index (χ0v) is 20.2. The van der Waals surface area contributed by atoms with Crippen LogP contribution in [0.2, 0.25) is 0 Å². The molecule has 182 valence electrons. The minimum absolute atomic E-state index is 0.0513. The SMILES string of the molecule is CCOC(=O)C1CCCN(c2ccc3c(c2)nc2n3C(C)C(=O)Nc3ccc(NC4CC4)cc3-2)C1. The van der Waals surface area contributed by atoms with E-state index < -0.39 is 6.04 Å². The summed E-state index contributed by atoms with van der Waals surface area (Å²) < 4.78 is 7.31. The van der Waals surface area contributed by atoms with E-state index in [0.717, 1.165) is 58.9 Å². The lowest BCUT2D eigenvalue weighted by Crippen LogP contribution is -2.39. The number of anilines is 3. The molecule has 1 saturated carbocycles. The molecule has 3 aromatic rings. The first-order valence-corrected chi connectivity index (χ1v) is 12.7. The molecule has 2 aromatic carbocycles. The molecule has 1 saturated heterocycles. The molecule has 2 unspecified atom stereocenters. The fourth-order valence-corrected chi connectivity index (χ4v) is 5.28. The highest BCUT2D eigenvalue weighted by Crippen LogP contribution is 2.39. The predicted molar refractivity (Wildman–Crippen MR) is 137 cm³/mol. The van der Waals surface area contributed by atoms with Gasteiger partial charge in [0.15, 0.2) is 0 Å². The lowest BCUT2D eigenvalue weighted by atomic mass is 9.97. The molecule has 2 aliphatic heterocycles. The smallest absolute Gasteiger partial charge is 0.310 e. The average Bonchev–Trinajstić information content (AvgIpc) is 3.62. The van der Waals surface area contributed by atoms with Crippen molar-refractivity contribution in [3.8, 4) is 11.4 Å². The van der Waals surface area contributed by atoms with Gasteiger partial charge in [0.1, 0.15) is 11.9 Å². The molecular formula is C27H31N5O3. The second-order valence-corrected chi connectivity index (χ2v) is 9.86. The Bertz CT molecular complexity index is 1310. The summed E-state index contributed by atoms with van der Waals surface area (Å²) in [6, 6.07) is 12.4. The van der Waals surface area contributed by atoms with Crippen LogP contribution < -0.4 is 15.5 Å². The molecule has 2 N–H and O–H groups in total. The number of rotatable bonds is 5. The number of carbonyl (C=O) groups is 2. The van der Waals surface area contributed by atoms with Crippen molar-refractivity contribution < 1.29 is 14.3 Å². The lowest BCUT2D eigenvalue weighted by molar-refractivity contribution is -0.148. The van der Waals surface area contributed by atoms with E-state index in [9.17, 15) is 9.59 Å². The van der Waals surface area contributed by atoms with Crippen molar-refractivity contribution in [1.82, 2.24) is 9.55 Å². The molecule has 1 aliphatic carbocycles. The lowest BCUT2D eigenvalue weighted by Gasteiger charge is -2.33. The normalized spacial score (nSPS) is 21.7. The first-order chi connectivity index (χ1) is 17.0. The third-order valence-electron chi connectivity index (χ3n) is 7.31. The summed E-state index contributed by atoms with van der Waals surface area (Å²) in [5.74, 6) is 0.523. The predicted octanol–water partition coefficient (Wildman–Crippen LogP) is 4.57. The Morgan fingerprint density at radius 1 is 1.20 bits per heavy atom. The number of aromatic nitrogens is 2. The van der Waals surface area contributed by atoms with Crippen LogP contribution in [0, 0.1) is 5.92 Å². The zero-order valence-electron chi connectivity index (χ0n) is 20.2. The van der Waals surface area contributed by atoms with Gasteiger partial charge in [0, 0.05) is 36.1 Å². The van der Waals surface area contributed by atoms with Crippen LogP contribution in [0.4, 0.5) is 17.1 Å². The Labute approximate surface area is 204 Å². The largest absolute Gasteiger partial charge is 0.466 e. The second kappa shape index (κ2) is 8.59. The minimum atomic E-state index is -0.392. The van der Waals surface area contributed by atoms with Gasteiger partial charge in [0.2, 0.25) is 5.91 Å². The second-order valence-electron chi connectivity index (χ2n) is 9.86. The first-order valence-electron chi connectivity index (χ1n) is 12.7. The number of piperidine rings is 1. The van der Waals surface area contributed by atoms with Gasteiger partial charge in [-0.1, -0.05) is 0 Å². The van der Waals surface area contributed by atoms with Crippen molar-refractivity contribution in [2.45, 2.75) is 51.6 Å². The molecule has 2 fully saturated rings. The summed E-state index contributed by atoms with van der Waals surface area (Å²) in [6.07, 6.45) is 4.19. The number of fused-ring (bicyclic) bond motifs is 5. The molecule has 2 atom stereocenters. The Hall–Kier alpha value is -3.55. The Kier molecular flexibility index (Phi) is 5.39. The molecule has 8 nitrogen and oxygen atoms in total. The summed E-state index contributed by atoms with van der Waals surface area (Å²) in [6.45, 7) is 5.71. The van der Waals surface area contributed by atoms with Crippen LogP contribution in [-0.2, 0) is 14.3 Å². The van der Waals surface area contributed by atoms with Gasteiger partial charge in [-0.15, -0.1) is 0 Å².